The third-order valence-corrected chi connectivity index (χ3v) is 3.36. The number of nitrogens with one attached hydrogen (secondary N) is 1. The van der Waals surface area contributed by atoms with Crippen molar-refractivity contribution in [3.05, 3.63) is 52.8 Å². The summed E-state index contributed by atoms with van der Waals surface area (Å²) >= 11 is 0. The smallest absolute Gasteiger partial charge is 0.337 e. The van der Waals surface area contributed by atoms with Crippen molar-refractivity contribution in [3.8, 4) is 0 Å². The Morgan fingerprint density at radius 2 is 2.00 bits per heavy atom. The lowest BCUT2D eigenvalue weighted by atomic mass is 10.1. The zero-order chi connectivity index (χ0) is 14.5. The molecular formula is C15H19N3O2. The van der Waals surface area contributed by atoms with Crippen LogP contribution in [0.5, 0.6) is 0 Å². The van der Waals surface area contributed by atoms with Crippen LogP contribution in [0.15, 0.2) is 30.5 Å². The van der Waals surface area contributed by atoms with Crippen LogP contribution in [-0.2, 0) is 24.9 Å². The van der Waals surface area contributed by atoms with E-state index in [1.807, 2.05) is 30.1 Å². The zero-order valence-electron chi connectivity index (χ0n) is 12.0. The maximum Gasteiger partial charge on any atom is 0.337 e. The summed E-state index contributed by atoms with van der Waals surface area (Å²) in [5.74, 6) is -0.310. The van der Waals surface area contributed by atoms with E-state index in [1.54, 1.807) is 12.1 Å². The first-order valence-corrected chi connectivity index (χ1v) is 6.47. The first kappa shape index (κ1) is 14.3. The maximum atomic E-state index is 11.3. The fourth-order valence-corrected chi connectivity index (χ4v) is 1.94. The largest absolute Gasteiger partial charge is 0.465 e. The van der Waals surface area contributed by atoms with Crippen LogP contribution < -0.4 is 5.32 Å². The van der Waals surface area contributed by atoms with Gasteiger partial charge in [-0.2, -0.15) is 5.10 Å². The fourth-order valence-electron chi connectivity index (χ4n) is 1.94. The van der Waals surface area contributed by atoms with Gasteiger partial charge in [-0.3, -0.25) is 4.68 Å². The minimum absolute atomic E-state index is 0.310. The van der Waals surface area contributed by atoms with Crippen LogP contribution in [0, 0.1) is 6.92 Å². The van der Waals surface area contributed by atoms with Gasteiger partial charge in [0.1, 0.15) is 0 Å². The minimum Gasteiger partial charge on any atom is -0.465 e. The predicted octanol–water partition coefficient (Wildman–Crippen LogP) is 1.80. The van der Waals surface area contributed by atoms with Gasteiger partial charge in [-0.15, -0.1) is 0 Å². The molecule has 106 valence electrons. The number of hydrogen-bond donors (Lipinski definition) is 1. The predicted molar refractivity (Wildman–Crippen MR) is 76.3 cm³/mol. The lowest BCUT2D eigenvalue weighted by Gasteiger charge is -2.06. The number of hydrogen-bond acceptors (Lipinski definition) is 4. The number of aryl methyl sites for hydroxylation is 1. The Hall–Kier alpha value is -2.14. The molecule has 5 heteroatoms. The number of ether oxygens (including phenoxy) is 1. The van der Waals surface area contributed by atoms with Crippen LogP contribution in [0.2, 0.25) is 0 Å². The molecule has 0 radical (unpaired) electrons. The van der Waals surface area contributed by atoms with Crippen molar-refractivity contribution in [1.29, 1.82) is 0 Å². The molecule has 0 amide bonds. The molecule has 0 unspecified atom stereocenters. The Bertz CT molecular complexity index is 588. The van der Waals surface area contributed by atoms with E-state index in [9.17, 15) is 4.79 Å². The highest BCUT2D eigenvalue weighted by molar-refractivity contribution is 5.89. The Morgan fingerprint density at radius 3 is 2.55 bits per heavy atom. The molecule has 0 spiro atoms. The summed E-state index contributed by atoms with van der Waals surface area (Å²) in [6.07, 6.45) is 1.88. The highest BCUT2D eigenvalue weighted by atomic mass is 16.5. The lowest BCUT2D eigenvalue weighted by Crippen LogP contribution is -2.13. The molecule has 20 heavy (non-hydrogen) atoms. The minimum atomic E-state index is -0.310. The molecule has 0 aliphatic rings. The molecule has 0 saturated carbocycles. The molecule has 0 aliphatic carbocycles. The Morgan fingerprint density at radius 1 is 1.30 bits per heavy atom. The highest BCUT2D eigenvalue weighted by Gasteiger charge is 2.05. The first-order chi connectivity index (χ1) is 9.61. The Labute approximate surface area is 118 Å². The van der Waals surface area contributed by atoms with E-state index in [4.69, 9.17) is 0 Å². The number of nitrogens with zero attached hydrogens (tertiary/aromatic N) is 2. The van der Waals surface area contributed by atoms with E-state index in [2.05, 4.69) is 22.1 Å². The maximum absolute atomic E-state index is 11.3. The van der Waals surface area contributed by atoms with E-state index in [1.165, 1.54) is 18.4 Å². The van der Waals surface area contributed by atoms with Crippen molar-refractivity contribution in [1.82, 2.24) is 15.1 Å². The van der Waals surface area contributed by atoms with Crippen LogP contribution in [0.1, 0.15) is 27.2 Å². The number of rotatable bonds is 5. The summed E-state index contributed by atoms with van der Waals surface area (Å²) in [5, 5.41) is 7.57. The topological polar surface area (TPSA) is 56.1 Å². The van der Waals surface area contributed by atoms with E-state index < -0.39 is 0 Å². The van der Waals surface area contributed by atoms with Crippen molar-refractivity contribution in [2.24, 2.45) is 7.05 Å². The molecule has 0 saturated heterocycles. The number of carbonyl (C=O) groups excluding carboxylic acids is 1. The van der Waals surface area contributed by atoms with Crippen LogP contribution >= 0.6 is 0 Å². The van der Waals surface area contributed by atoms with Gasteiger partial charge >= 0.3 is 5.97 Å². The van der Waals surface area contributed by atoms with Gasteiger partial charge in [0.2, 0.25) is 0 Å². The van der Waals surface area contributed by atoms with Gasteiger partial charge in [-0.05, 0) is 24.6 Å². The van der Waals surface area contributed by atoms with E-state index in [0.717, 1.165) is 18.7 Å². The number of benzene rings is 1. The molecule has 0 aliphatic heterocycles. The van der Waals surface area contributed by atoms with Crippen LogP contribution in [-0.4, -0.2) is 22.9 Å². The zero-order valence-corrected chi connectivity index (χ0v) is 12.0. The normalized spacial score (nSPS) is 10.6. The molecular weight excluding hydrogens is 254 g/mol. The van der Waals surface area contributed by atoms with E-state index in [-0.39, 0.29) is 5.97 Å². The Kier molecular flexibility index (Phi) is 4.53. The van der Waals surface area contributed by atoms with Crippen molar-refractivity contribution >= 4 is 5.97 Å². The monoisotopic (exact) mass is 273 g/mol. The molecule has 2 aromatic rings. The Balaban J connectivity index is 1.88. The van der Waals surface area contributed by atoms with E-state index >= 15 is 0 Å². The summed E-state index contributed by atoms with van der Waals surface area (Å²) in [7, 11) is 3.32. The van der Waals surface area contributed by atoms with Gasteiger partial charge in [0, 0.05) is 31.4 Å². The van der Waals surface area contributed by atoms with Gasteiger partial charge in [0.05, 0.1) is 18.9 Å². The molecule has 0 bridgehead atoms. The SMILES string of the molecule is COC(=O)c1ccc(CNCc2cnn(C)c2C)cc1. The second kappa shape index (κ2) is 6.34. The van der Waals surface area contributed by atoms with Gasteiger partial charge in [-0.25, -0.2) is 4.79 Å². The summed E-state index contributed by atoms with van der Waals surface area (Å²) in [4.78, 5) is 11.3. The number of methoxy groups -OCH3 is 1. The van der Waals surface area contributed by atoms with Crippen LogP contribution in [0.3, 0.4) is 0 Å². The molecule has 1 N–H and O–H groups in total. The average molecular weight is 273 g/mol. The highest BCUT2D eigenvalue weighted by Crippen LogP contribution is 2.08. The standard InChI is InChI=1S/C15H19N3O2/c1-11-14(10-17-18(11)2)9-16-8-12-4-6-13(7-5-12)15(19)20-3/h4-7,10,16H,8-9H2,1-3H3. The first-order valence-electron chi connectivity index (χ1n) is 6.47. The lowest BCUT2D eigenvalue weighted by molar-refractivity contribution is 0.0600. The van der Waals surface area contributed by atoms with Crippen LogP contribution in [0.4, 0.5) is 0 Å². The number of aromatic nitrogens is 2. The number of esters is 1. The summed E-state index contributed by atoms with van der Waals surface area (Å²) in [6.45, 7) is 3.57. The molecule has 5 nitrogen and oxygen atoms in total. The summed E-state index contributed by atoms with van der Waals surface area (Å²) in [5.41, 5.74) is 4.05. The second-order valence-electron chi connectivity index (χ2n) is 4.67. The van der Waals surface area contributed by atoms with Gasteiger partial charge in [-0.1, -0.05) is 12.1 Å². The van der Waals surface area contributed by atoms with Crippen molar-refractivity contribution in [2.45, 2.75) is 20.0 Å². The van der Waals surface area contributed by atoms with Crippen LogP contribution in [0.25, 0.3) is 0 Å². The molecule has 1 aromatic carbocycles. The summed E-state index contributed by atoms with van der Waals surface area (Å²) in [6, 6.07) is 7.40. The molecule has 2 rings (SSSR count). The third kappa shape index (κ3) is 3.24. The number of carbonyl (C=O) groups is 1. The molecule has 1 aromatic heterocycles. The second-order valence-corrected chi connectivity index (χ2v) is 4.67. The summed E-state index contributed by atoms with van der Waals surface area (Å²) < 4.78 is 6.53. The molecule has 0 fully saturated rings. The molecule has 0 atom stereocenters. The average Bonchev–Trinajstić information content (AvgIpc) is 2.79. The molecule has 1 heterocycles. The van der Waals surface area contributed by atoms with Crippen molar-refractivity contribution < 1.29 is 9.53 Å². The van der Waals surface area contributed by atoms with Gasteiger partial charge in [0.25, 0.3) is 0 Å². The van der Waals surface area contributed by atoms with Crippen molar-refractivity contribution in [3.63, 3.8) is 0 Å². The van der Waals surface area contributed by atoms with E-state index in [0.29, 0.717) is 5.56 Å². The quantitative estimate of drug-likeness (QED) is 0.844. The van der Waals surface area contributed by atoms with Gasteiger partial charge < -0.3 is 10.1 Å². The fraction of sp³-hybridized carbons (Fsp3) is 0.333. The van der Waals surface area contributed by atoms with Gasteiger partial charge in [0.15, 0.2) is 0 Å². The third-order valence-electron chi connectivity index (χ3n) is 3.36. The van der Waals surface area contributed by atoms with Crippen molar-refractivity contribution in [2.75, 3.05) is 7.11 Å².